The van der Waals surface area contributed by atoms with Gasteiger partial charge in [0.15, 0.2) is 11.0 Å². The number of morpholine rings is 1. The van der Waals surface area contributed by atoms with Gasteiger partial charge in [0.25, 0.3) is 0 Å². The Morgan fingerprint density at radius 1 is 1.19 bits per heavy atom. The molecular weight excluding hydrogens is 445 g/mol. The number of ether oxygens (including phenoxy) is 1. The summed E-state index contributed by atoms with van der Waals surface area (Å²) in [7, 11) is 1.98. The van der Waals surface area contributed by atoms with Gasteiger partial charge in [-0.15, -0.1) is 10.2 Å². The molecule has 3 heterocycles. The number of nitrogens with zero attached hydrogens (tertiary/aromatic N) is 4. The number of thioether (sulfide) groups is 1. The highest BCUT2D eigenvalue weighted by Gasteiger charge is 2.30. The highest BCUT2D eigenvalue weighted by atomic mass is 32.2. The third-order valence-corrected chi connectivity index (χ3v) is 7.01. The molecule has 0 saturated carbocycles. The summed E-state index contributed by atoms with van der Waals surface area (Å²) < 4.78 is 46.1. The standard InChI is InChI=1S/C21H23F3N4OS2/c1-27-19(16-7-12-30-14-16)25-26-20(27)31-11-2-8-28-9-10-29-18(13-28)15-3-5-17(6-4-15)21(22,23)24/h3-7,12,14,18H,2,8-11,13H2,1H3. The smallest absolute Gasteiger partial charge is 0.371 e. The van der Waals surface area contributed by atoms with Gasteiger partial charge in [0.2, 0.25) is 0 Å². The van der Waals surface area contributed by atoms with Gasteiger partial charge in [0.1, 0.15) is 0 Å². The summed E-state index contributed by atoms with van der Waals surface area (Å²) in [6, 6.07) is 7.33. The fourth-order valence-electron chi connectivity index (χ4n) is 3.53. The Morgan fingerprint density at radius 3 is 2.71 bits per heavy atom. The minimum absolute atomic E-state index is 0.199. The van der Waals surface area contributed by atoms with E-state index in [2.05, 4.69) is 20.5 Å². The molecule has 4 rings (SSSR count). The molecule has 31 heavy (non-hydrogen) atoms. The zero-order valence-electron chi connectivity index (χ0n) is 17.0. The lowest BCUT2D eigenvalue weighted by Crippen LogP contribution is -2.39. The number of rotatable bonds is 7. The van der Waals surface area contributed by atoms with E-state index in [0.717, 1.165) is 59.5 Å². The Labute approximate surface area is 187 Å². The lowest BCUT2D eigenvalue weighted by molar-refractivity contribution is -0.137. The average molecular weight is 469 g/mol. The second-order valence-corrected chi connectivity index (χ2v) is 9.20. The van der Waals surface area contributed by atoms with Crippen molar-refractivity contribution in [2.45, 2.75) is 23.9 Å². The van der Waals surface area contributed by atoms with Gasteiger partial charge in [0, 0.05) is 36.8 Å². The lowest BCUT2D eigenvalue weighted by atomic mass is 10.1. The zero-order chi connectivity index (χ0) is 21.8. The number of alkyl halides is 3. The summed E-state index contributed by atoms with van der Waals surface area (Å²) >= 11 is 3.32. The molecule has 0 spiro atoms. The van der Waals surface area contributed by atoms with Crippen molar-refractivity contribution in [2.75, 3.05) is 32.0 Å². The molecular formula is C21H23F3N4OS2. The number of benzene rings is 1. The predicted octanol–water partition coefficient (Wildman–Crippen LogP) is 5.12. The van der Waals surface area contributed by atoms with Gasteiger partial charge < -0.3 is 9.30 Å². The molecule has 1 fully saturated rings. The largest absolute Gasteiger partial charge is 0.416 e. The molecule has 1 aliphatic rings. The van der Waals surface area contributed by atoms with Crippen LogP contribution in [0.3, 0.4) is 0 Å². The maximum Gasteiger partial charge on any atom is 0.416 e. The highest BCUT2D eigenvalue weighted by Crippen LogP contribution is 2.31. The molecule has 0 aliphatic carbocycles. The molecule has 2 aromatic heterocycles. The van der Waals surface area contributed by atoms with E-state index < -0.39 is 11.7 Å². The van der Waals surface area contributed by atoms with Crippen LogP contribution in [0.1, 0.15) is 23.7 Å². The van der Waals surface area contributed by atoms with E-state index >= 15 is 0 Å². The van der Waals surface area contributed by atoms with E-state index in [0.29, 0.717) is 13.2 Å². The summed E-state index contributed by atoms with van der Waals surface area (Å²) in [5.41, 5.74) is 1.23. The predicted molar refractivity (Wildman–Crippen MR) is 116 cm³/mol. The topological polar surface area (TPSA) is 43.2 Å². The molecule has 1 aromatic carbocycles. The van der Waals surface area contributed by atoms with Crippen LogP contribution in [-0.4, -0.2) is 51.7 Å². The maximum absolute atomic E-state index is 12.8. The van der Waals surface area contributed by atoms with Gasteiger partial charge in [-0.25, -0.2) is 0 Å². The first-order valence-corrected chi connectivity index (χ1v) is 11.9. The van der Waals surface area contributed by atoms with Crippen molar-refractivity contribution in [3.8, 4) is 11.4 Å². The first-order valence-electron chi connectivity index (χ1n) is 9.97. The normalized spacial score (nSPS) is 17.9. The summed E-state index contributed by atoms with van der Waals surface area (Å²) in [6.07, 6.45) is -3.54. The molecule has 0 amide bonds. The quantitative estimate of drug-likeness (QED) is 0.356. The van der Waals surface area contributed by atoms with Crippen LogP contribution in [0.5, 0.6) is 0 Å². The van der Waals surface area contributed by atoms with E-state index in [1.165, 1.54) is 12.1 Å². The van der Waals surface area contributed by atoms with Crippen molar-refractivity contribution in [1.29, 1.82) is 0 Å². The number of halogens is 3. The van der Waals surface area contributed by atoms with E-state index in [-0.39, 0.29) is 6.10 Å². The van der Waals surface area contributed by atoms with Crippen molar-refractivity contribution < 1.29 is 17.9 Å². The molecule has 0 radical (unpaired) electrons. The van der Waals surface area contributed by atoms with E-state index in [1.54, 1.807) is 23.1 Å². The second kappa shape index (κ2) is 9.72. The van der Waals surface area contributed by atoms with Crippen molar-refractivity contribution in [3.05, 3.63) is 52.2 Å². The lowest BCUT2D eigenvalue weighted by Gasteiger charge is -2.33. The summed E-state index contributed by atoms with van der Waals surface area (Å²) in [5, 5.41) is 13.6. The molecule has 1 aliphatic heterocycles. The van der Waals surface area contributed by atoms with Gasteiger partial charge >= 0.3 is 6.18 Å². The van der Waals surface area contributed by atoms with Crippen molar-refractivity contribution in [3.63, 3.8) is 0 Å². The molecule has 1 unspecified atom stereocenters. The van der Waals surface area contributed by atoms with Crippen LogP contribution in [0.2, 0.25) is 0 Å². The molecule has 1 saturated heterocycles. The molecule has 3 aromatic rings. The minimum Gasteiger partial charge on any atom is -0.371 e. The van der Waals surface area contributed by atoms with Crippen LogP contribution in [0.15, 0.2) is 46.2 Å². The fourth-order valence-corrected chi connectivity index (χ4v) is 5.00. The van der Waals surface area contributed by atoms with Crippen LogP contribution in [-0.2, 0) is 18.0 Å². The van der Waals surface area contributed by atoms with Crippen LogP contribution in [0.4, 0.5) is 13.2 Å². The maximum atomic E-state index is 12.8. The number of hydrogen-bond acceptors (Lipinski definition) is 6. The van der Waals surface area contributed by atoms with Crippen LogP contribution in [0.25, 0.3) is 11.4 Å². The number of thiophene rings is 1. The third-order valence-electron chi connectivity index (χ3n) is 5.22. The SMILES string of the molecule is Cn1c(SCCCN2CCOC(c3ccc(C(F)(F)F)cc3)C2)nnc1-c1ccsc1. The Bertz CT molecular complexity index is 974. The summed E-state index contributed by atoms with van der Waals surface area (Å²) in [6.45, 7) is 2.99. The van der Waals surface area contributed by atoms with Gasteiger partial charge in [-0.2, -0.15) is 24.5 Å². The second-order valence-electron chi connectivity index (χ2n) is 7.36. The van der Waals surface area contributed by atoms with Gasteiger partial charge in [-0.05, 0) is 42.1 Å². The van der Waals surface area contributed by atoms with Gasteiger partial charge in [-0.1, -0.05) is 23.9 Å². The Kier molecular flexibility index (Phi) is 7.00. The first-order chi connectivity index (χ1) is 14.9. The Balaban J connectivity index is 1.25. The number of aromatic nitrogens is 3. The van der Waals surface area contributed by atoms with Crippen molar-refractivity contribution in [1.82, 2.24) is 19.7 Å². The van der Waals surface area contributed by atoms with Crippen LogP contribution < -0.4 is 0 Å². The van der Waals surface area contributed by atoms with Crippen LogP contribution >= 0.6 is 23.1 Å². The van der Waals surface area contributed by atoms with Crippen LogP contribution in [0, 0.1) is 0 Å². The third kappa shape index (κ3) is 5.49. The average Bonchev–Trinajstić information content (AvgIpc) is 3.41. The summed E-state index contributed by atoms with van der Waals surface area (Å²) in [5.74, 6) is 1.79. The molecule has 0 bridgehead atoms. The van der Waals surface area contributed by atoms with E-state index in [1.807, 2.05) is 23.1 Å². The summed E-state index contributed by atoms with van der Waals surface area (Å²) in [4.78, 5) is 2.31. The van der Waals surface area contributed by atoms with E-state index in [4.69, 9.17) is 4.74 Å². The zero-order valence-corrected chi connectivity index (χ0v) is 18.6. The Hall–Kier alpha value is -1.88. The molecule has 10 heteroatoms. The molecule has 166 valence electrons. The van der Waals surface area contributed by atoms with E-state index in [9.17, 15) is 13.2 Å². The Morgan fingerprint density at radius 2 is 2.00 bits per heavy atom. The monoisotopic (exact) mass is 468 g/mol. The first kappa shape index (κ1) is 22.3. The molecule has 5 nitrogen and oxygen atoms in total. The van der Waals surface area contributed by atoms with Crippen molar-refractivity contribution in [2.24, 2.45) is 7.05 Å². The highest BCUT2D eigenvalue weighted by molar-refractivity contribution is 7.99. The number of hydrogen-bond donors (Lipinski definition) is 0. The van der Waals surface area contributed by atoms with Gasteiger partial charge in [-0.3, -0.25) is 4.90 Å². The van der Waals surface area contributed by atoms with Gasteiger partial charge in [0.05, 0.1) is 18.3 Å². The molecule has 1 atom stereocenters. The fraction of sp³-hybridized carbons (Fsp3) is 0.429. The molecule has 0 N–H and O–H groups in total. The van der Waals surface area contributed by atoms with Crippen molar-refractivity contribution >= 4 is 23.1 Å². The minimum atomic E-state index is -4.32.